The van der Waals surface area contributed by atoms with E-state index in [1.807, 2.05) is 41.3 Å². The van der Waals surface area contributed by atoms with Crippen LogP contribution in [0.15, 0.2) is 48.5 Å². The van der Waals surface area contributed by atoms with Crippen molar-refractivity contribution in [3.05, 3.63) is 59.4 Å². The third-order valence-corrected chi connectivity index (χ3v) is 5.22. The topological polar surface area (TPSA) is 58.2 Å². The number of fused-ring (bicyclic) bond motifs is 1. The minimum Gasteiger partial charge on any atom is -0.493 e. The molecule has 0 radical (unpaired) electrons. The number of imidazole rings is 1. The second-order valence-electron chi connectivity index (χ2n) is 6.87. The van der Waals surface area contributed by atoms with E-state index in [0.717, 1.165) is 42.0 Å². The summed E-state index contributed by atoms with van der Waals surface area (Å²) in [6.07, 6.45) is 2.41. The number of amides is 1. The molecule has 5 nitrogen and oxygen atoms in total. The van der Waals surface area contributed by atoms with Gasteiger partial charge in [0.25, 0.3) is 0 Å². The average molecular weight is 384 g/mol. The van der Waals surface area contributed by atoms with Crippen LogP contribution in [0.5, 0.6) is 5.75 Å². The number of hydrogen-bond donors (Lipinski definition) is 1. The Balaban J connectivity index is 1.33. The van der Waals surface area contributed by atoms with Gasteiger partial charge in [0.15, 0.2) is 0 Å². The van der Waals surface area contributed by atoms with Crippen LogP contribution in [0.4, 0.5) is 0 Å². The van der Waals surface area contributed by atoms with Crippen LogP contribution >= 0.6 is 11.6 Å². The summed E-state index contributed by atoms with van der Waals surface area (Å²) in [6, 6.07) is 15.2. The van der Waals surface area contributed by atoms with E-state index in [-0.39, 0.29) is 11.8 Å². The first-order chi connectivity index (χ1) is 13.2. The summed E-state index contributed by atoms with van der Waals surface area (Å²) < 4.78 is 5.65. The van der Waals surface area contributed by atoms with Gasteiger partial charge in [-0.1, -0.05) is 23.7 Å². The maximum Gasteiger partial charge on any atom is 0.226 e. The summed E-state index contributed by atoms with van der Waals surface area (Å²) in [5, 5.41) is 0.670. The van der Waals surface area contributed by atoms with Crippen molar-refractivity contribution >= 4 is 28.5 Å². The van der Waals surface area contributed by atoms with Crippen molar-refractivity contribution in [2.75, 3.05) is 19.7 Å². The van der Waals surface area contributed by atoms with Crippen LogP contribution in [-0.2, 0) is 4.79 Å². The lowest BCUT2D eigenvalue weighted by atomic mass is 9.97. The van der Waals surface area contributed by atoms with Crippen molar-refractivity contribution in [1.29, 1.82) is 0 Å². The quantitative estimate of drug-likeness (QED) is 0.710. The van der Waals surface area contributed by atoms with Crippen LogP contribution in [0, 0.1) is 0 Å². The normalized spacial score (nSPS) is 17.2. The molecule has 0 bridgehead atoms. The molecule has 0 spiro atoms. The minimum absolute atomic E-state index is 0.129. The third-order valence-electron chi connectivity index (χ3n) is 4.97. The zero-order chi connectivity index (χ0) is 18.6. The molecule has 6 heteroatoms. The summed E-state index contributed by atoms with van der Waals surface area (Å²) in [6.45, 7) is 1.88. The molecule has 1 aliphatic heterocycles. The fourth-order valence-electron chi connectivity index (χ4n) is 3.54. The van der Waals surface area contributed by atoms with Gasteiger partial charge in [-0.25, -0.2) is 4.98 Å². The molecular weight excluding hydrogens is 362 g/mol. The lowest BCUT2D eigenvalue weighted by Crippen LogP contribution is -2.39. The van der Waals surface area contributed by atoms with Crippen LogP contribution in [0.2, 0.25) is 5.02 Å². The van der Waals surface area contributed by atoms with Crippen LogP contribution in [-0.4, -0.2) is 40.5 Å². The number of H-pyrrole nitrogens is 1. The Bertz CT molecular complexity index is 890. The van der Waals surface area contributed by atoms with E-state index in [4.69, 9.17) is 21.3 Å². The lowest BCUT2D eigenvalue weighted by Gasteiger charge is -2.32. The molecular formula is C21H22ClN3O2. The first-order valence-electron chi connectivity index (χ1n) is 9.30. The largest absolute Gasteiger partial charge is 0.493 e. The Morgan fingerprint density at radius 1 is 1.22 bits per heavy atom. The molecule has 4 rings (SSSR count). The lowest BCUT2D eigenvalue weighted by molar-refractivity contribution is -0.132. The van der Waals surface area contributed by atoms with Crippen LogP contribution in [0.1, 0.15) is 31.0 Å². The highest BCUT2D eigenvalue weighted by Gasteiger charge is 2.26. The second-order valence-corrected chi connectivity index (χ2v) is 7.31. The summed E-state index contributed by atoms with van der Waals surface area (Å²) in [5.74, 6) is 2.09. The van der Waals surface area contributed by atoms with E-state index >= 15 is 0 Å². The van der Waals surface area contributed by atoms with Crippen LogP contribution in [0.25, 0.3) is 11.0 Å². The molecule has 2 aromatic carbocycles. The predicted octanol–water partition coefficient (Wildman–Crippen LogP) is 4.39. The Kier molecular flexibility index (Phi) is 5.30. The number of likely N-dealkylation sites (tertiary alicyclic amines) is 1. The maximum atomic E-state index is 12.6. The summed E-state index contributed by atoms with van der Waals surface area (Å²) in [7, 11) is 0. The van der Waals surface area contributed by atoms with E-state index in [9.17, 15) is 4.79 Å². The number of nitrogens with one attached hydrogen (secondary N) is 1. The van der Waals surface area contributed by atoms with Gasteiger partial charge in [0.2, 0.25) is 5.91 Å². The summed E-state index contributed by atoms with van der Waals surface area (Å²) >= 11 is 5.86. The smallest absolute Gasteiger partial charge is 0.226 e. The number of para-hydroxylation sites is 2. The number of carbonyl (C=O) groups is 1. The Morgan fingerprint density at radius 2 is 2.04 bits per heavy atom. The standard InChI is InChI=1S/C21H22ClN3O2/c22-16-7-9-17(10-8-16)27-13-11-20(26)25-12-3-4-15(14-25)21-23-18-5-1-2-6-19(18)24-21/h1-2,5-10,15H,3-4,11-14H2,(H,23,24). The second kappa shape index (κ2) is 8.01. The summed E-state index contributed by atoms with van der Waals surface area (Å²) in [5.41, 5.74) is 2.03. The van der Waals surface area contributed by atoms with Gasteiger partial charge in [-0.05, 0) is 49.2 Å². The molecule has 27 heavy (non-hydrogen) atoms. The van der Waals surface area contributed by atoms with Crippen LogP contribution < -0.4 is 4.74 Å². The minimum atomic E-state index is 0.129. The molecule has 1 unspecified atom stereocenters. The van der Waals surface area contributed by atoms with Gasteiger partial charge in [0.05, 0.1) is 24.1 Å². The number of benzene rings is 2. The molecule has 3 aromatic rings. The van der Waals surface area contributed by atoms with Gasteiger partial charge in [-0.15, -0.1) is 0 Å². The van der Waals surface area contributed by atoms with Crippen molar-refractivity contribution in [1.82, 2.24) is 14.9 Å². The predicted molar refractivity (Wildman–Crippen MR) is 106 cm³/mol. The molecule has 1 amide bonds. The summed E-state index contributed by atoms with van der Waals surface area (Å²) in [4.78, 5) is 22.6. The Hall–Kier alpha value is -2.53. The van der Waals surface area contributed by atoms with E-state index in [1.165, 1.54) is 0 Å². The Labute approximate surface area is 163 Å². The molecule has 1 fully saturated rings. The van der Waals surface area contributed by atoms with Gasteiger partial charge in [-0.2, -0.15) is 0 Å². The first kappa shape index (κ1) is 17.9. The van der Waals surface area contributed by atoms with E-state index in [2.05, 4.69) is 4.98 Å². The third kappa shape index (κ3) is 4.25. The molecule has 1 N–H and O–H groups in total. The number of nitrogens with zero attached hydrogens (tertiary/aromatic N) is 2. The number of ether oxygens (including phenoxy) is 1. The van der Waals surface area contributed by atoms with Crippen molar-refractivity contribution in [3.8, 4) is 5.75 Å². The first-order valence-corrected chi connectivity index (χ1v) is 9.67. The number of hydrogen-bond acceptors (Lipinski definition) is 3. The maximum absolute atomic E-state index is 12.6. The molecule has 0 aliphatic carbocycles. The fourth-order valence-corrected chi connectivity index (χ4v) is 3.66. The van der Waals surface area contributed by atoms with E-state index in [1.54, 1.807) is 12.1 Å². The van der Waals surface area contributed by atoms with Crippen molar-refractivity contribution in [2.45, 2.75) is 25.2 Å². The average Bonchev–Trinajstić information content (AvgIpc) is 3.14. The van der Waals surface area contributed by atoms with Gasteiger partial charge in [0, 0.05) is 24.0 Å². The molecule has 1 atom stereocenters. The molecule has 1 saturated heterocycles. The molecule has 1 aliphatic rings. The molecule has 140 valence electrons. The number of aromatic amines is 1. The van der Waals surface area contributed by atoms with Gasteiger partial charge in [0.1, 0.15) is 11.6 Å². The van der Waals surface area contributed by atoms with Gasteiger partial charge >= 0.3 is 0 Å². The molecule has 2 heterocycles. The fraction of sp³-hybridized carbons (Fsp3) is 0.333. The van der Waals surface area contributed by atoms with Crippen molar-refractivity contribution in [3.63, 3.8) is 0 Å². The van der Waals surface area contributed by atoms with Gasteiger partial charge in [-0.3, -0.25) is 4.79 Å². The molecule has 1 aromatic heterocycles. The number of rotatable bonds is 5. The van der Waals surface area contributed by atoms with Gasteiger partial charge < -0.3 is 14.6 Å². The SMILES string of the molecule is O=C(CCOc1ccc(Cl)cc1)N1CCCC(c2nc3ccccc3[nH]2)C1. The van der Waals surface area contributed by atoms with E-state index in [0.29, 0.717) is 24.6 Å². The van der Waals surface area contributed by atoms with Crippen molar-refractivity contribution in [2.24, 2.45) is 0 Å². The number of halogens is 1. The highest BCUT2D eigenvalue weighted by molar-refractivity contribution is 6.30. The number of piperidine rings is 1. The zero-order valence-electron chi connectivity index (χ0n) is 15.0. The monoisotopic (exact) mass is 383 g/mol. The van der Waals surface area contributed by atoms with Crippen molar-refractivity contribution < 1.29 is 9.53 Å². The highest BCUT2D eigenvalue weighted by atomic mass is 35.5. The van der Waals surface area contributed by atoms with Crippen LogP contribution in [0.3, 0.4) is 0 Å². The zero-order valence-corrected chi connectivity index (χ0v) is 15.8. The Morgan fingerprint density at radius 3 is 2.85 bits per heavy atom. The number of carbonyl (C=O) groups excluding carboxylic acids is 1. The molecule has 0 saturated carbocycles. The highest BCUT2D eigenvalue weighted by Crippen LogP contribution is 2.27. The number of aromatic nitrogens is 2. The van der Waals surface area contributed by atoms with E-state index < -0.39 is 0 Å².